The first-order chi connectivity index (χ1) is 16.6. The van der Waals surface area contributed by atoms with Crippen LogP contribution < -0.4 is 10.1 Å². The molecule has 2 N–H and O–H groups in total. The number of hydrogen-bond acceptors (Lipinski definition) is 5. The minimum absolute atomic E-state index is 0.0531. The van der Waals surface area contributed by atoms with Crippen molar-refractivity contribution in [2.75, 3.05) is 25.5 Å². The molecular weight excluding hydrogens is 463 g/mol. The third-order valence-electron chi connectivity index (χ3n) is 5.76. The number of benzene rings is 1. The second-order valence-electron chi connectivity index (χ2n) is 8.67. The second kappa shape index (κ2) is 11.4. The molecule has 0 atom stereocenters. The molecule has 190 valence electrons. The Labute approximate surface area is 202 Å². The predicted octanol–water partition coefficient (Wildman–Crippen LogP) is 4.55. The van der Waals surface area contributed by atoms with E-state index < -0.39 is 24.6 Å². The number of halogens is 3. The van der Waals surface area contributed by atoms with Gasteiger partial charge < -0.3 is 20.1 Å². The number of ether oxygens (including phenoxy) is 1. The van der Waals surface area contributed by atoms with Crippen molar-refractivity contribution in [2.24, 2.45) is 0 Å². The number of alkyl halides is 3. The molecule has 1 aromatic carbocycles. The summed E-state index contributed by atoms with van der Waals surface area (Å²) in [5.74, 6) is 0.689. The zero-order valence-corrected chi connectivity index (χ0v) is 19.8. The fourth-order valence-corrected chi connectivity index (χ4v) is 4.02. The van der Waals surface area contributed by atoms with Crippen molar-refractivity contribution >= 4 is 17.7 Å². The average Bonchev–Trinajstić information content (AvgIpc) is 3.62. The van der Waals surface area contributed by atoms with E-state index in [9.17, 15) is 18.0 Å². The van der Waals surface area contributed by atoms with Crippen LogP contribution in [0.3, 0.4) is 0 Å². The van der Waals surface area contributed by atoms with Gasteiger partial charge in [0.2, 0.25) is 5.91 Å². The summed E-state index contributed by atoms with van der Waals surface area (Å²) >= 11 is 0. The van der Waals surface area contributed by atoms with Crippen LogP contribution in [0.1, 0.15) is 54.5 Å². The molecule has 7 nitrogen and oxygen atoms in total. The van der Waals surface area contributed by atoms with Crippen molar-refractivity contribution in [2.45, 2.75) is 57.7 Å². The quantitative estimate of drug-likeness (QED) is 0.588. The maximum absolute atomic E-state index is 12.8. The van der Waals surface area contributed by atoms with Crippen LogP contribution in [0.4, 0.5) is 19.0 Å². The number of amides is 1. The minimum Gasteiger partial charge on any atom is -0.493 e. The van der Waals surface area contributed by atoms with Gasteiger partial charge in [0.05, 0.1) is 6.61 Å². The standard InChI is InChI=1S/C23H26F3N3O2.C2H4O2/c1-27-21-8-7-19(16-2-3-16)20(28-21)10-11-31-18-6-4-15-5-9-22(30)29(13-17(15)12-18)14-23(24,25)26;1-2(3)4/h4,6-8,12,16H,2-3,5,9-11,13-14H2,1H3,(H,27,28);1H3,(H,3,4). The number of carboxylic acid groups (broad SMARTS) is 1. The fraction of sp³-hybridized carbons (Fsp3) is 0.480. The highest BCUT2D eigenvalue weighted by atomic mass is 19.4. The van der Waals surface area contributed by atoms with Crippen LogP contribution in [0.25, 0.3) is 0 Å². The Morgan fingerprint density at radius 2 is 1.91 bits per heavy atom. The van der Waals surface area contributed by atoms with Crippen LogP contribution in [0, 0.1) is 0 Å². The van der Waals surface area contributed by atoms with Crippen LogP contribution >= 0.6 is 0 Å². The lowest BCUT2D eigenvalue weighted by molar-refractivity contribution is -0.162. The Hall–Kier alpha value is -3.30. The first kappa shape index (κ1) is 26.3. The molecule has 2 aliphatic rings. The number of carboxylic acids is 1. The van der Waals surface area contributed by atoms with Crippen molar-refractivity contribution in [1.29, 1.82) is 0 Å². The molecule has 2 aromatic rings. The smallest absolute Gasteiger partial charge is 0.406 e. The number of aromatic nitrogens is 1. The lowest BCUT2D eigenvalue weighted by atomic mass is 10.0. The molecule has 1 aromatic heterocycles. The number of nitrogens with zero attached hydrogens (tertiary/aromatic N) is 2. The third kappa shape index (κ3) is 8.15. The summed E-state index contributed by atoms with van der Waals surface area (Å²) in [6.07, 6.45) is -0.868. The number of carbonyl (C=O) groups is 2. The molecule has 1 fully saturated rings. The lowest BCUT2D eigenvalue weighted by Gasteiger charge is -2.22. The average molecular weight is 494 g/mol. The first-order valence-corrected chi connectivity index (χ1v) is 11.5. The van der Waals surface area contributed by atoms with E-state index in [1.807, 2.05) is 25.2 Å². The molecule has 1 amide bonds. The van der Waals surface area contributed by atoms with Crippen LogP contribution in [-0.2, 0) is 29.0 Å². The van der Waals surface area contributed by atoms with Gasteiger partial charge >= 0.3 is 6.18 Å². The van der Waals surface area contributed by atoms with Crippen LogP contribution in [0.15, 0.2) is 30.3 Å². The summed E-state index contributed by atoms with van der Waals surface area (Å²) in [6.45, 7) is 0.222. The molecule has 0 unspecified atom stereocenters. The number of anilines is 1. The third-order valence-corrected chi connectivity index (χ3v) is 5.76. The predicted molar refractivity (Wildman–Crippen MR) is 125 cm³/mol. The summed E-state index contributed by atoms with van der Waals surface area (Å²) in [6, 6.07) is 9.54. The summed E-state index contributed by atoms with van der Waals surface area (Å²) in [4.78, 5) is 26.7. The maximum Gasteiger partial charge on any atom is 0.406 e. The Bertz CT molecular complexity index is 1050. The summed E-state index contributed by atoms with van der Waals surface area (Å²) in [5, 5.41) is 10.5. The highest BCUT2D eigenvalue weighted by molar-refractivity contribution is 5.77. The molecule has 1 saturated carbocycles. The molecule has 0 radical (unpaired) electrons. The van der Waals surface area contributed by atoms with E-state index in [0.29, 0.717) is 36.7 Å². The normalized spacial score (nSPS) is 15.5. The van der Waals surface area contributed by atoms with Crippen LogP contribution in [0.5, 0.6) is 5.75 Å². The Morgan fingerprint density at radius 1 is 1.20 bits per heavy atom. The van der Waals surface area contributed by atoms with Gasteiger partial charge in [-0.3, -0.25) is 9.59 Å². The van der Waals surface area contributed by atoms with Crippen molar-refractivity contribution in [3.63, 3.8) is 0 Å². The highest BCUT2D eigenvalue weighted by Gasteiger charge is 2.34. The van der Waals surface area contributed by atoms with E-state index in [0.717, 1.165) is 28.9 Å². The molecule has 35 heavy (non-hydrogen) atoms. The number of fused-ring (bicyclic) bond motifs is 1. The Balaban J connectivity index is 0.000000795. The van der Waals surface area contributed by atoms with Crippen molar-refractivity contribution in [3.05, 3.63) is 52.7 Å². The number of rotatable bonds is 7. The van der Waals surface area contributed by atoms with Gasteiger partial charge in [-0.2, -0.15) is 13.2 Å². The van der Waals surface area contributed by atoms with Crippen molar-refractivity contribution in [1.82, 2.24) is 9.88 Å². The molecular formula is C25H30F3N3O4. The number of aryl methyl sites for hydroxylation is 1. The zero-order valence-electron chi connectivity index (χ0n) is 19.8. The Kier molecular flexibility index (Phi) is 8.58. The number of pyridine rings is 1. The van der Waals surface area contributed by atoms with E-state index in [1.54, 1.807) is 6.07 Å². The van der Waals surface area contributed by atoms with Gasteiger partial charge in [0.1, 0.15) is 18.1 Å². The van der Waals surface area contributed by atoms with Gasteiger partial charge in [-0.15, -0.1) is 0 Å². The lowest BCUT2D eigenvalue weighted by Crippen LogP contribution is -2.37. The number of aliphatic carboxylic acids is 1. The van der Waals surface area contributed by atoms with E-state index in [-0.39, 0.29) is 13.0 Å². The SMILES string of the molecule is CC(=O)O.CNc1ccc(C2CC2)c(CCOc2ccc3c(c2)CN(CC(F)(F)F)C(=O)CC3)n1. The Morgan fingerprint density at radius 3 is 2.54 bits per heavy atom. The summed E-state index contributed by atoms with van der Waals surface area (Å²) < 4.78 is 44.5. The van der Waals surface area contributed by atoms with E-state index in [4.69, 9.17) is 14.6 Å². The number of hydrogen-bond donors (Lipinski definition) is 2. The number of carbonyl (C=O) groups excluding carboxylic acids is 1. The van der Waals surface area contributed by atoms with E-state index >= 15 is 0 Å². The maximum atomic E-state index is 12.8. The van der Waals surface area contributed by atoms with Crippen molar-refractivity contribution < 1.29 is 32.6 Å². The fourth-order valence-electron chi connectivity index (χ4n) is 4.02. The van der Waals surface area contributed by atoms with Gasteiger partial charge in [0, 0.05) is 39.1 Å². The molecule has 0 spiro atoms. The zero-order chi connectivity index (χ0) is 25.6. The number of nitrogens with one attached hydrogen (secondary N) is 1. The van der Waals surface area contributed by atoms with E-state index in [2.05, 4.69) is 16.4 Å². The molecule has 1 aliphatic carbocycles. The van der Waals surface area contributed by atoms with E-state index in [1.165, 1.54) is 18.4 Å². The monoisotopic (exact) mass is 493 g/mol. The first-order valence-electron chi connectivity index (χ1n) is 11.5. The second-order valence-corrected chi connectivity index (χ2v) is 8.67. The molecule has 2 heterocycles. The van der Waals surface area contributed by atoms with Gasteiger partial charge in [-0.05, 0) is 60.1 Å². The molecule has 1 aliphatic heterocycles. The molecule has 0 saturated heterocycles. The van der Waals surface area contributed by atoms with Gasteiger partial charge in [0.15, 0.2) is 0 Å². The van der Waals surface area contributed by atoms with Crippen molar-refractivity contribution in [3.8, 4) is 5.75 Å². The summed E-state index contributed by atoms with van der Waals surface area (Å²) in [5.41, 5.74) is 3.89. The minimum atomic E-state index is -4.41. The van der Waals surface area contributed by atoms with Gasteiger partial charge in [-0.25, -0.2) is 4.98 Å². The highest BCUT2D eigenvalue weighted by Crippen LogP contribution is 2.41. The summed E-state index contributed by atoms with van der Waals surface area (Å²) in [7, 11) is 1.84. The molecule has 4 rings (SSSR count). The van der Waals surface area contributed by atoms with Crippen LogP contribution in [-0.4, -0.2) is 53.2 Å². The largest absolute Gasteiger partial charge is 0.493 e. The molecule has 10 heteroatoms. The van der Waals surface area contributed by atoms with Gasteiger partial charge in [0.25, 0.3) is 5.97 Å². The van der Waals surface area contributed by atoms with Gasteiger partial charge in [-0.1, -0.05) is 12.1 Å². The van der Waals surface area contributed by atoms with Crippen LogP contribution in [0.2, 0.25) is 0 Å². The topological polar surface area (TPSA) is 91.8 Å². The molecule has 0 bridgehead atoms.